The Hall–Kier alpha value is -1.74. The molecular weight excluding hydrogens is 386 g/mol. The minimum atomic E-state index is 0.183. The van der Waals surface area contributed by atoms with Crippen LogP contribution >= 0.6 is 23.8 Å². The van der Waals surface area contributed by atoms with E-state index in [0.29, 0.717) is 35.0 Å². The van der Waals surface area contributed by atoms with Crippen LogP contribution in [0, 0.1) is 4.84 Å². The molecule has 144 valence electrons. The number of benzene rings is 1. The lowest BCUT2D eigenvalue weighted by molar-refractivity contribution is -1.02. The Bertz CT molecular complexity index is 853. The maximum atomic E-state index is 12.0. The van der Waals surface area contributed by atoms with Gasteiger partial charge in [-0.05, 0) is 49.3 Å². The Morgan fingerprint density at radius 3 is 2.56 bits per heavy atom. The highest BCUT2D eigenvalue weighted by Crippen LogP contribution is 2.20. The van der Waals surface area contributed by atoms with Crippen molar-refractivity contribution in [3.8, 4) is 11.5 Å². The lowest BCUT2D eigenvalue weighted by Crippen LogP contribution is -3.28. The lowest BCUT2D eigenvalue weighted by atomic mass is 10.2. The number of carbonyl (C=O) groups is 1. The number of hydrogen-bond donors (Lipinski definition) is 3. The molecule has 0 atom stereocenters. The molecule has 0 bridgehead atoms. The van der Waals surface area contributed by atoms with E-state index >= 15 is 0 Å². The normalized spacial score (nSPS) is 22.6. The Balaban J connectivity index is 1.30. The summed E-state index contributed by atoms with van der Waals surface area (Å²) >= 11 is 11.3. The van der Waals surface area contributed by atoms with Crippen molar-refractivity contribution in [3.63, 3.8) is 0 Å². The molecule has 2 fully saturated rings. The number of aromatic nitrogens is 2. The van der Waals surface area contributed by atoms with Crippen molar-refractivity contribution in [3.05, 3.63) is 34.1 Å². The van der Waals surface area contributed by atoms with Gasteiger partial charge < -0.3 is 19.5 Å². The molecule has 1 saturated heterocycles. The summed E-state index contributed by atoms with van der Waals surface area (Å²) in [5.74, 6) is 0.694. The molecule has 7 nitrogen and oxygen atoms in total. The molecule has 1 aliphatic heterocycles. The number of nitrogens with zero attached hydrogens (tertiary/aromatic N) is 2. The molecule has 2 aromatic rings. The van der Waals surface area contributed by atoms with Crippen LogP contribution in [0.4, 0.5) is 0 Å². The summed E-state index contributed by atoms with van der Waals surface area (Å²) in [6, 6.07) is 7.79. The Morgan fingerprint density at radius 1 is 1.22 bits per heavy atom. The molecule has 27 heavy (non-hydrogen) atoms. The number of carbonyl (C=O) groups excluding carboxylic acids is 1. The summed E-state index contributed by atoms with van der Waals surface area (Å²) in [4.78, 5) is 15.1. The van der Waals surface area contributed by atoms with Crippen molar-refractivity contribution >= 4 is 29.7 Å². The van der Waals surface area contributed by atoms with Crippen LogP contribution < -0.4 is 15.1 Å². The van der Waals surface area contributed by atoms with Crippen molar-refractivity contribution in [2.75, 3.05) is 32.7 Å². The van der Waals surface area contributed by atoms with Gasteiger partial charge in [-0.15, -0.1) is 5.10 Å². The minimum Gasteiger partial charge on any atom is -0.409 e. The fourth-order valence-electron chi connectivity index (χ4n) is 3.35. The van der Waals surface area contributed by atoms with Crippen LogP contribution in [-0.4, -0.2) is 54.5 Å². The number of quaternary nitrogens is 2. The number of halogens is 1. The maximum absolute atomic E-state index is 12.0. The van der Waals surface area contributed by atoms with Crippen LogP contribution in [0.5, 0.6) is 0 Å². The molecule has 1 saturated carbocycles. The minimum absolute atomic E-state index is 0.183. The second-order valence-corrected chi connectivity index (χ2v) is 8.14. The van der Waals surface area contributed by atoms with E-state index in [1.54, 1.807) is 16.8 Å². The van der Waals surface area contributed by atoms with Gasteiger partial charge in [0.1, 0.15) is 26.2 Å². The van der Waals surface area contributed by atoms with Crippen LogP contribution in [-0.2, 0) is 11.5 Å². The number of hydrogen-bond acceptors (Lipinski definition) is 4. The van der Waals surface area contributed by atoms with E-state index in [1.807, 2.05) is 12.1 Å². The number of piperazine rings is 1. The van der Waals surface area contributed by atoms with Crippen LogP contribution in [0.15, 0.2) is 28.7 Å². The van der Waals surface area contributed by atoms with Crippen LogP contribution in [0.1, 0.15) is 12.8 Å². The topological polar surface area (TPSA) is 68.9 Å². The van der Waals surface area contributed by atoms with E-state index in [0.717, 1.165) is 44.6 Å². The third-order valence-corrected chi connectivity index (χ3v) is 5.63. The second kappa shape index (κ2) is 8.10. The molecule has 2 heterocycles. The zero-order valence-corrected chi connectivity index (χ0v) is 16.6. The molecular formula is C18H24ClN5O2S+2. The molecule has 0 unspecified atom stereocenters. The fraction of sp³-hybridized carbons (Fsp3) is 0.500. The van der Waals surface area contributed by atoms with Crippen LogP contribution in [0.25, 0.3) is 11.5 Å². The second-order valence-electron chi connectivity index (χ2n) is 7.36. The highest BCUT2D eigenvalue weighted by Gasteiger charge is 2.28. The molecule has 1 aromatic carbocycles. The quantitative estimate of drug-likeness (QED) is 0.565. The van der Waals surface area contributed by atoms with Crippen LogP contribution in [0.3, 0.4) is 0 Å². The van der Waals surface area contributed by atoms with Gasteiger partial charge >= 0.3 is 0 Å². The van der Waals surface area contributed by atoms with Crippen molar-refractivity contribution < 1.29 is 19.0 Å². The van der Waals surface area contributed by atoms with Gasteiger partial charge in [-0.3, -0.25) is 4.79 Å². The summed E-state index contributed by atoms with van der Waals surface area (Å²) in [6.07, 6.45) is 2.27. The largest absolute Gasteiger partial charge is 0.409 e. The summed E-state index contributed by atoms with van der Waals surface area (Å²) in [5, 5.41) is 8.26. The van der Waals surface area contributed by atoms with E-state index in [9.17, 15) is 4.79 Å². The number of nitrogens with one attached hydrogen (secondary N) is 3. The Morgan fingerprint density at radius 2 is 1.89 bits per heavy atom. The highest BCUT2D eigenvalue weighted by molar-refractivity contribution is 7.71. The van der Waals surface area contributed by atoms with Gasteiger partial charge in [-0.1, -0.05) is 11.6 Å². The zero-order chi connectivity index (χ0) is 18.8. The van der Waals surface area contributed by atoms with E-state index in [1.165, 1.54) is 9.80 Å². The van der Waals surface area contributed by atoms with Crippen molar-refractivity contribution in [2.24, 2.45) is 0 Å². The van der Waals surface area contributed by atoms with Gasteiger partial charge in [-0.2, -0.15) is 4.68 Å². The SMILES string of the molecule is O=C(C[NH+]1CC[NH+](Cn2nc(-c3ccc(Cl)cc3)oc2=S)CC1)NC1CC1. The Kier molecular flexibility index (Phi) is 5.58. The van der Waals surface area contributed by atoms with Crippen molar-refractivity contribution in [2.45, 2.75) is 25.6 Å². The smallest absolute Gasteiger partial charge is 0.292 e. The lowest BCUT2D eigenvalue weighted by Gasteiger charge is -2.28. The first kappa shape index (κ1) is 18.6. The van der Waals surface area contributed by atoms with Gasteiger partial charge in [0.25, 0.3) is 10.7 Å². The molecule has 0 radical (unpaired) electrons. The highest BCUT2D eigenvalue weighted by atomic mass is 35.5. The third-order valence-electron chi connectivity index (χ3n) is 5.09. The molecule has 9 heteroatoms. The number of amides is 1. The van der Waals surface area contributed by atoms with E-state index in [4.69, 9.17) is 28.2 Å². The predicted octanol–water partition coefficient (Wildman–Crippen LogP) is -0.455. The van der Waals surface area contributed by atoms with E-state index in [-0.39, 0.29) is 5.91 Å². The first-order chi connectivity index (χ1) is 13.1. The van der Waals surface area contributed by atoms with Gasteiger partial charge in [0.2, 0.25) is 5.89 Å². The summed E-state index contributed by atoms with van der Waals surface area (Å²) in [6.45, 7) is 5.17. The molecule has 1 amide bonds. The molecule has 1 aromatic heterocycles. The molecule has 0 spiro atoms. The molecule has 2 aliphatic rings. The summed E-state index contributed by atoms with van der Waals surface area (Å²) in [7, 11) is 0. The van der Waals surface area contributed by atoms with E-state index < -0.39 is 0 Å². The van der Waals surface area contributed by atoms with Gasteiger partial charge in [-0.25, -0.2) is 0 Å². The average molecular weight is 410 g/mol. The monoisotopic (exact) mass is 409 g/mol. The summed E-state index contributed by atoms with van der Waals surface area (Å²) < 4.78 is 7.40. The first-order valence-corrected chi connectivity index (χ1v) is 10.2. The van der Waals surface area contributed by atoms with Gasteiger partial charge in [0, 0.05) is 16.6 Å². The fourth-order valence-corrected chi connectivity index (χ4v) is 3.66. The average Bonchev–Trinajstić information content (AvgIpc) is 3.39. The number of rotatable bonds is 6. The maximum Gasteiger partial charge on any atom is 0.292 e. The third kappa shape index (κ3) is 4.95. The molecule has 4 rings (SSSR count). The standard InChI is InChI=1S/C18H22ClN5O2S/c19-14-3-1-13(2-4-14)17-21-24(18(27)26-17)12-23-9-7-22(8-10-23)11-16(25)20-15-5-6-15/h1-4,15H,5-12H2,(H,20,25)/p+2. The van der Waals surface area contributed by atoms with Crippen molar-refractivity contribution in [1.82, 2.24) is 15.1 Å². The van der Waals surface area contributed by atoms with Crippen molar-refractivity contribution in [1.29, 1.82) is 0 Å². The molecule has 3 N–H and O–H groups in total. The van der Waals surface area contributed by atoms with Gasteiger partial charge in [0.15, 0.2) is 13.2 Å². The van der Waals surface area contributed by atoms with E-state index in [2.05, 4.69) is 10.4 Å². The predicted molar refractivity (Wildman–Crippen MR) is 103 cm³/mol. The molecule has 1 aliphatic carbocycles. The van der Waals surface area contributed by atoms with Crippen LogP contribution in [0.2, 0.25) is 5.02 Å². The zero-order valence-electron chi connectivity index (χ0n) is 15.0. The first-order valence-electron chi connectivity index (χ1n) is 9.37. The Labute approximate surface area is 167 Å². The summed E-state index contributed by atoms with van der Waals surface area (Å²) in [5.41, 5.74) is 0.857. The van der Waals surface area contributed by atoms with Gasteiger partial charge in [0.05, 0.1) is 0 Å².